The first kappa shape index (κ1) is 1.02. The molecular weight excluding hydrogens is 124 g/mol. The summed E-state index contributed by atoms with van der Waals surface area (Å²) in [7, 11) is 0. The molecule has 0 saturated heterocycles. The Morgan fingerprint density at radius 3 is 2.30 bits per heavy atom. The molecule has 0 spiro atoms. The van der Waals surface area contributed by atoms with E-state index in [1.54, 1.807) is 0 Å². The maximum Gasteiger partial charge on any atom is 0.0564 e. The average molecular weight is 163 g/mol. The van der Waals surface area contributed by atoms with Crippen molar-refractivity contribution in [2.45, 2.75) is 51.5 Å². The van der Waals surface area contributed by atoms with Gasteiger partial charge in [-0.05, 0) is 6.37 Å². The fourth-order valence-corrected chi connectivity index (χ4v) is 0.184. The first-order valence-electron chi connectivity index (χ1n) is 11.7. The Labute approximate surface area is 91.1 Å². The second kappa shape index (κ2) is 8.96. The third-order valence-electron chi connectivity index (χ3n) is 0.431. The van der Waals surface area contributed by atoms with Gasteiger partial charge >= 0.3 is 0 Å². The second-order valence-electron chi connectivity index (χ2n) is 0.987. The van der Waals surface area contributed by atoms with E-state index in [0.717, 1.165) is 0 Å². The van der Waals surface area contributed by atoms with E-state index in [1.165, 1.54) is 0 Å². The van der Waals surface area contributed by atoms with Crippen molar-refractivity contribution in [2.75, 3.05) is 6.56 Å². The number of rotatable bonds is 7. The highest BCUT2D eigenvalue weighted by atomic mass is 16.2. The van der Waals surface area contributed by atoms with Crippen LogP contribution in [0.15, 0.2) is 0 Å². The van der Waals surface area contributed by atoms with Gasteiger partial charge in [0.1, 0.15) is 0 Å². The maximum atomic E-state index is 9.24. The third kappa shape index (κ3) is 7.96. The lowest BCUT2D eigenvalue weighted by Crippen LogP contribution is -1.83. The van der Waals surface area contributed by atoms with Crippen molar-refractivity contribution in [3.05, 3.63) is 0 Å². The van der Waals surface area contributed by atoms with E-state index in [0.29, 0.717) is 0 Å². The lowest BCUT2D eigenvalue weighted by Gasteiger charge is -1.97. The van der Waals surface area contributed by atoms with Crippen LogP contribution >= 0.6 is 0 Å². The quantitative estimate of drug-likeness (QED) is 0.612. The summed E-state index contributed by atoms with van der Waals surface area (Å²) < 4.78 is 141. The van der Waals surface area contributed by atoms with Gasteiger partial charge in [-0.3, -0.25) is 0 Å². The van der Waals surface area contributed by atoms with Gasteiger partial charge in [-0.25, -0.2) is 0 Å². The van der Waals surface area contributed by atoms with Gasteiger partial charge < -0.3 is 5.11 Å². The molecule has 0 bridgehead atoms. The minimum Gasteiger partial charge on any atom is -0.396 e. The largest absolute Gasteiger partial charge is 0.396 e. The molecule has 0 unspecified atom stereocenters. The molecule has 0 fully saturated rings. The summed E-state index contributed by atoms with van der Waals surface area (Å²) in [4.78, 5) is 0. The van der Waals surface area contributed by atoms with E-state index >= 15 is 0 Å². The van der Waals surface area contributed by atoms with Crippen molar-refractivity contribution in [3.63, 3.8) is 0 Å². The molecule has 0 aliphatic carbocycles. The van der Waals surface area contributed by atoms with E-state index in [4.69, 9.17) is 26.0 Å². The lowest BCUT2D eigenvalue weighted by atomic mass is 10.1. The SMILES string of the molecule is [2H]C([2H])([2H])C([2H])([2H])C([2H])([2H])C([2H])([2H])C([2H])([2H])C([2H])([2H])C([2H])([2H])C([2H])([2H])C([2H])([2H])O. The predicted molar refractivity (Wildman–Crippen MR) is 45.1 cm³/mol. The Hall–Kier alpha value is -0.0400. The van der Waals surface area contributed by atoms with Crippen LogP contribution in [-0.2, 0) is 0 Å². The molecule has 0 aromatic carbocycles. The van der Waals surface area contributed by atoms with Crippen molar-refractivity contribution < 1.29 is 31.2 Å². The number of aliphatic hydroxyl groups is 1. The molecule has 0 aromatic rings. The lowest BCUT2D eigenvalue weighted by molar-refractivity contribution is 0.282. The molecule has 62 valence electrons. The molecule has 0 aliphatic rings. The van der Waals surface area contributed by atoms with Crippen molar-refractivity contribution >= 4 is 0 Å². The zero-order valence-electron chi connectivity index (χ0n) is 23.9. The van der Waals surface area contributed by atoms with E-state index in [2.05, 4.69) is 0 Å². The molecule has 1 N–H and O–H groups in total. The molecule has 10 heavy (non-hydrogen) atoms. The molecule has 0 radical (unpaired) electrons. The standard InChI is InChI=1S/C9H20O/c1-2-3-4-5-6-7-8-9-10/h10H,2-9H2,1H3/i1D3,2D2,3D2,4D2,5D2,6D2,7D2,8D2,9D2. The van der Waals surface area contributed by atoms with E-state index in [1.807, 2.05) is 0 Å². The highest BCUT2D eigenvalue weighted by molar-refractivity contribution is 4.43. The van der Waals surface area contributed by atoms with Crippen LogP contribution in [0.5, 0.6) is 0 Å². The van der Waals surface area contributed by atoms with E-state index < -0.39 is 58.0 Å². The van der Waals surface area contributed by atoms with Gasteiger partial charge in [0, 0.05) is 29.9 Å². The van der Waals surface area contributed by atoms with Crippen LogP contribution < -0.4 is 0 Å². The Balaban J connectivity index is 6.82. The van der Waals surface area contributed by atoms with Gasteiger partial charge in [0.05, 0.1) is 2.74 Å². The van der Waals surface area contributed by atoms with Crippen LogP contribution in [0.1, 0.15) is 77.5 Å². The van der Waals surface area contributed by atoms with Crippen LogP contribution in [-0.4, -0.2) is 11.7 Å². The molecule has 1 heteroatoms. The molecular formula is C9H20O. The Bertz CT molecular complexity index is 554. The van der Waals surface area contributed by atoms with E-state index in [9.17, 15) is 5.11 Å². The summed E-state index contributed by atoms with van der Waals surface area (Å²) in [6.45, 7) is -7.96. The minimum atomic E-state index is -4.48. The Morgan fingerprint density at radius 2 is 1.70 bits per heavy atom. The fourth-order valence-electron chi connectivity index (χ4n) is 0.184. The Kier molecular flexibility index (Phi) is 0.916. The molecule has 0 amide bonds. The molecule has 0 saturated carbocycles. The maximum absolute atomic E-state index is 9.24. The monoisotopic (exact) mass is 163 g/mol. The Morgan fingerprint density at radius 1 is 1.10 bits per heavy atom. The molecule has 0 atom stereocenters. The van der Waals surface area contributed by atoms with Crippen LogP contribution in [0.2, 0.25) is 0 Å². The highest BCUT2D eigenvalue weighted by Crippen LogP contribution is 2.05. The predicted octanol–water partition coefficient (Wildman–Crippen LogP) is 2.73. The normalized spacial score (nSPS) is 51.1. The first-order valence-corrected chi connectivity index (χ1v) is 2.22. The van der Waals surface area contributed by atoms with Gasteiger partial charge in [-0.1, -0.05) is 45.1 Å². The van der Waals surface area contributed by atoms with Crippen molar-refractivity contribution in [3.8, 4) is 0 Å². The summed E-state index contributed by atoms with van der Waals surface area (Å²) in [6, 6.07) is 0. The summed E-state index contributed by atoms with van der Waals surface area (Å²) in [5.41, 5.74) is 0. The average Bonchev–Trinajstić information content (AvgIpc) is 2.43. The molecule has 1 nitrogen and oxygen atoms in total. The highest BCUT2D eigenvalue weighted by Gasteiger charge is 1.88. The van der Waals surface area contributed by atoms with Gasteiger partial charge in [0.2, 0.25) is 0 Å². The van der Waals surface area contributed by atoms with Gasteiger partial charge in [-0.15, -0.1) is 0 Å². The van der Waals surface area contributed by atoms with E-state index in [-0.39, 0.29) is 0 Å². The molecule has 0 heterocycles. The number of hydrogen-bond acceptors (Lipinski definition) is 1. The summed E-state index contributed by atoms with van der Waals surface area (Å²) >= 11 is 0. The van der Waals surface area contributed by atoms with Gasteiger partial charge in [0.25, 0.3) is 0 Å². The smallest absolute Gasteiger partial charge is 0.0564 e. The zero-order chi connectivity index (χ0) is 24.5. The molecule has 0 aromatic heterocycles. The summed E-state index contributed by atoms with van der Waals surface area (Å²) in [5.74, 6) is 0. The minimum absolute atomic E-state index is 3.86. The third-order valence-corrected chi connectivity index (χ3v) is 0.431. The zero-order valence-corrected chi connectivity index (χ0v) is 4.95. The van der Waals surface area contributed by atoms with Crippen LogP contribution in [0.4, 0.5) is 0 Å². The van der Waals surface area contributed by atoms with Crippen molar-refractivity contribution in [1.29, 1.82) is 0 Å². The van der Waals surface area contributed by atoms with Gasteiger partial charge in [0.15, 0.2) is 0 Å². The molecule has 0 rings (SSSR count). The van der Waals surface area contributed by atoms with Crippen molar-refractivity contribution in [1.82, 2.24) is 0 Å². The number of hydrogen-bond donors (Lipinski definition) is 1. The molecule has 0 aliphatic heterocycles. The second-order valence-corrected chi connectivity index (χ2v) is 0.987. The summed E-state index contributed by atoms with van der Waals surface area (Å²) in [5, 5.41) is 9.24. The topological polar surface area (TPSA) is 20.2 Å². The summed E-state index contributed by atoms with van der Waals surface area (Å²) in [6.07, 6.45) is -30.4. The van der Waals surface area contributed by atoms with Crippen LogP contribution in [0.3, 0.4) is 0 Å². The van der Waals surface area contributed by atoms with Gasteiger partial charge in [-0.2, -0.15) is 0 Å². The fraction of sp³-hybridized carbons (Fsp3) is 1.00. The van der Waals surface area contributed by atoms with Crippen LogP contribution in [0, 0.1) is 0 Å². The van der Waals surface area contributed by atoms with Crippen LogP contribution in [0.25, 0.3) is 0 Å². The first-order chi connectivity index (χ1) is 12.0. The van der Waals surface area contributed by atoms with Crippen molar-refractivity contribution in [2.24, 2.45) is 0 Å².